The van der Waals surface area contributed by atoms with E-state index in [1.807, 2.05) is 6.92 Å². The number of esters is 1. The normalized spacial score (nSPS) is 24.0. The molecule has 3 aliphatic rings. The van der Waals surface area contributed by atoms with E-state index in [0.717, 1.165) is 61.1 Å². The van der Waals surface area contributed by atoms with Crippen LogP contribution in [0.3, 0.4) is 0 Å². The van der Waals surface area contributed by atoms with E-state index in [1.54, 1.807) is 0 Å². The third-order valence-electron chi connectivity index (χ3n) is 7.01. The first kappa shape index (κ1) is 21.9. The topological polar surface area (TPSA) is 55.4 Å². The zero-order valence-electron chi connectivity index (χ0n) is 19.3. The number of aryl methyl sites for hydroxylation is 1. The molecule has 0 radical (unpaired) electrons. The van der Waals surface area contributed by atoms with Crippen molar-refractivity contribution in [2.24, 2.45) is 5.41 Å². The van der Waals surface area contributed by atoms with Gasteiger partial charge in [-0.05, 0) is 62.0 Å². The molecule has 2 aliphatic carbocycles. The largest absolute Gasteiger partial charge is 0.459 e. The number of carbonyl (C=O) groups is 2. The van der Waals surface area contributed by atoms with Crippen LogP contribution in [-0.2, 0) is 20.7 Å². The van der Waals surface area contributed by atoms with E-state index in [4.69, 9.17) is 4.74 Å². The van der Waals surface area contributed by atoms with E-state index < -0.39 is 0 Å². The molecule has 1 N–H and O–H groups in total. The van der Waals surface area contributed by atoms with E-state index in [2.05, 4.69) is 50.4 Å². The summed E-state index contributed by atoms with van der Waals surface area (Å²) < 4.78 is 5.98. The molecule has 0 saturated heterocycles. The Balaban J connectivity index is 1.75. The van der Waals surface area contributed by atoms with Gasteiger partial charge in [0.05, 0.1) is 5.57 Å². The molecular formula is C27H35NO3. The number of allylic oxidation sites excluding steroid dienone is 3. The summed E-state index contributed by atoms with van der Waals surface area (Å²) in [5, 5.41) is 3.43. The molecule has 4 rings (SSSR count). The van der Waals surface area contributed by atoms with Gasteiger partial charge in [0.25, 0.3) is 0 Å². The van der Waals surface area contributed by atoms with Gasteiger partial charge in [0.15, 0.2) is 5.78 Å². The second kappa shape index (κ2) is 8.64. The van der Waals surface area contributed by atoms with Crippen molar-refractivity contribution in [2.75, 3.05) is 0 Å². The van der Waals surface area contributed by atoms with E-state index >= 15 is 0 Å². The van der Waals surface area contributed by atoms with Gasteiger partial charge in [0, 0.05) is 29.3 Å². The lowest BCUT2D eigenvalue weighted by atomic mass is 9.68. The summed E-state index contributed by atoms with van der Waals surface area (Å²) in [7, 11) is 0. The first-order valence-electron chi connectivity index (χ1n) is 11.8. The number of hydrogen-bond donors (Lipinski definition) is 1. The molecule has 1 aromatic rings. The highest BCUT2D eigenvalue weighted by molar-refractivity contribution is 6.04. The van der Waals surface area contributed by atoms with Crippen molar-refractivity contribution in [1.82, 2.24) is 5.32 Å². The summed E-state index contributed by atoms with van der Waals surface area (Å²) in [6, 6.07) is 8.36. The zero-order valence-corrected chi connectivity index (χ0v) is 19.3. The van der Waals surface area contributed by atoms with Crippen LogP contribution in [0.15, 0.2) is 46.8 Å². The van der Waals surface area contributed by atoms with E-state index in [1.165, 1.54) is 12.0 Å². The van der Waals surface area contributed by atoms with E-state index in [0.29, 0.717) is 12.0 Å². The average Bonchev–Trinajstić information content (AvgIpc) is 2.72. The lowest BCUT2D eigenvalue weighted by molar-refractivity contribution is -0.146. The van der Waals surface area contributed by atoms with Gasteiger partial charge >= 0.3 is 5.97 Å². The molecule has 166 valence electrons. The molecule has 1 fully saturated rings. The number of dihydropyridines is 1. The second-order valence-electron chi connectivity index (χ2n) is 10.2. The fraction of sp³-hybridized carbons (Fsp3) is 0.556. The number of ketones is 1. The number of hydrogen-bond acceptors (Lipinski definition) is 4. The van der Waals surface area contributed by atoms with E-state index in [9.17, 15) is 9.59 Å². The minimum Gasteiger partial charge on any atom is -0.459 e. The Hall–Kier alpha value is -2.36. The Morgan fingerprint density at radius 2 is 1.77 bits per heavy atom. The lowest BCUT2D eigenvalue weighted by Crippen LogP contribution is -2.39. The summed E-state index contributed by atoms with van der Waals surface area (Å²) in [4.78, 5) is 26.8. The van der Waals surface area contributed by atoms with Crippen LogP contribution < -0.4 is 5.32 Å². The third-order valence-corrected chi connectivity index (χ3v) is 7.01. The van der Waals surface area contributed by atoms with Crippen LogP contribution in [0.2, 0.25) is 0 Å². The first-order chi connectivity index (χ1) is 14.8. The molecule has 1 saturated carbocycles. The average molecular weight is 422 g/mol. The quantitative estimate of drug-likeness (QED) is 0.631. The summed E-state index contributed by atoms with van der Waals surface area (Å²) in [6.07, 6.45) is 7.55. The Bertz CT molecular complexity index is 930. The third kappa shape index (κ3) is 4.49. The highest BCUT2D eigenvalue weighted by atomic mass is 16.5. The summed E-state index contributed by atoms with van der Waals surface area (Å²) in [6.45, 7) is 8.34. The number of carbonyl (C=O) groups excluding carboxylic acids is 2. The number of rotatable bonds is 4. The number of ether oxygens (including phenoxy) is 1. The molecule has 0 aromatic heterocycles. The molecule has 0 amide bonds. The fourth-order valence-corrected chi connectivity index (χ4v) is 5.38. The SMILES string of the molecule is CCc1ccc([C@@H]2C(C(=O)OC3CCCCC3)=C(C)NC3=C2C(=O)CC(C)(C)C3)cc1. The Morgan fingerprint density at radius 3 is 2.42 bits per heavy atom. The van der Waals surface area contributed by atoms with Crippen molar-refractivity contribution >= 4 is 11.8 Å². The van der Waals surface area contributed by atoms with Crippen LogP contribution in [-0.4, -0.2) is 17.9 Å². The van der Waals surface area contributed by atoms with Gasteiger partial charge in [0.2, 0.25) is 0 Å². The van der Waals surface area contributed by atoms with Crippen LogP contribution in [0.1, 0.15) is 89.7 Å². The summed E-state index contributed by atoms with van der Waals surface area (Å²) >= 11 is 0. The molecule has 1 atom stereocenters. The van der Waals surface area contributed by atoms with Crippen LogP contribution in [0.5, 0.6) is 0 Å². The Morgan fingerprint density at radius 1 is 1.10 bits per heavy atom. The van der Waals surface area contributed by atoms with Crippen LogP contribution >= 0.6 is 0 Å². The predicted octanol–water partition coefficient (Wildman–Crippen LogP) is 5.73. The monoisotopic (exact) mass is 421 g/mol. The van der Waals surface area contributed by atoms with Crippen molar-refractivity contribution in [3.05, 3.63) is 57.9 Å². The molecule has 1 aromatic carbocycles. The maximum atomic E-state index is 13.4. The number of nitrogens with one attached hydrogen (secondary N) is 1. The minimum atomic E-state index is -0.359. The second-order valence-corrected chi connectivity index (χ2v) is 10.2. The molecule has 0 spiro atoms. The standard InChI is InChI=1S/C27H35NO3/c1-5-18-11-13-19(14-12-18)24-23(26(30)31-20-9-7-6-8-10-20)17(2)28-21-15-27(3,4)16-22(29)25(21)24/h11-14,20,24,28H,5-10,15-16H2,1-4H3/t24-/m1/s1. The van der Waals surface area contributed by atoms with Crippen molar-refractivity contribution in [3.63, 3.8) is 0 Å². The van der Waals surface area contributed by atoms with Crippen molar-refractivity contribution in [2.45, 2.75) is 91.1 Å². The predicted molar refractivity (Wildman–Crippen MR) is 122 cm³/mol. The van der Waals surface area contributed by atoms with Crippen LogP contribution in [0, 0.1) is 5.41 Å². The molecule has 4 heteroatoms. The van der Waals surface area contributed by atoms with Crippen molar-refractivity contribution < 1.29 is 14.3 Å². The smallest absolute Gasteiger partial charge is 0.337 e. The van der Waals surface area contributed by atoms with Gasteiger partial charge < -0.3 is 10.1 Å². The number of Topliss-reactive ketones (excluding diaryl/α,β-unsaturated/α-hetero) is 1. The molecule has 1 heterocycles. The molecular weight excluding hydrogens is 386 g/mol. The fourth-order valence-electron chi connectivity index (χ4n) is 5.38. The Kier molecular flexibility index (Phi) is 6.09. The van der Waals surface area contributed by atoms with Crippen LogP contribution in [0.4, 0.5) is 0 Å². The van der Waals surface area contributed by atoms with Gasteiger partial charge in [-0.15, -0.1) is 0 Å². The summed E-state index contributed by atoms with van der Waals surface area (Å²) in [5.41, 5.74) is 5.29. The van der Waals surface area contributed by atoms with Crippen LogP contribution in [0.25, 0.3) is 0 Å². The van der Waals surface area contributed by atoms with Gasteiger partial charge in [-0.3, -0.25) is 4.79 Å². The number of benzene rings is 1. The zero-order chi connectivity index (χ0) is 22.2. The van der Waals surface area contributed by atoms with Gasteiger partial charge in [-0.2, -0.15) is 0 Å². The molecule has 0 unspecified atom stereocenters. The van der Waals surface area contributed by atoms with E-state index in [-0.39, 0.29) is 29.2 Å². The maximum absolute atomic E-state index is 13.4. The first-order valence-corrected chi connectivity index (χ1v) is 11.8. The van der Waals surface area contributed by atoms with Gasteiger partial charge in [-0.1, -0.05) is 51.5 Å². The molecule has 1 aliphatic heterocycles. The molecule has 0 bridgehead atoms. The highest BCUT2D eigenvalue weighted by Crippen LogP contribution is 2.47. The maximum Gasteiger partial charge on any atom is 0.337 e. The molecule has 4 nitrogen and oxygen atoms in total. The Labute approximate surface area is 186 Å². The van der Waals surface area contributed by atoms with Crippen molar-refractivity contribution in [3.8, 4) is 0 Å². The lowest BCUT2D eigenvalue weighted by Gasteiger charge is -2.39. The van der Waals surface area contributed by atoms with Gasteiger partial charge in [-0.25, -0.2) is 4.79 Å². The minimum absolute atomic E-state index is 0.0129. The highest BCUT2D eigenvalue weighted by Gasteiger charge is 2.43. The van der Waals surface area contributed by atoms with Gasteiger partial charge in [0.1, 0.15) is 6.10 Å². The molecule has 31 heavy (non-hydrogen) atoms. The summed E-state index contributed by atoms with van der Waals surface area (Å²) in [5.74, 6) is -0.494. The van der Waals surface area contributed by atoms with Crippen molar-refractivity contribution in [1.29, 1.82) is 0 Å².